The van der Waals surface area contributed by atoms with Crippen LogP contribution in [0.3, 0.4) is 0 Å². The zero-order chi connectivity index (χ0) is 19.5. The van der Waals surface area contributed by atoms with Gasteiger partial charge in [-0.3, -0.25) is 14.6 Å². The molecule has 1 saturated heterocycles. The largest absolute Gasteiger partial charge is 0.395 e. The molecule has 7 nitrogen and oxygen atoms in total. The predicted octanol–water partition coefficient (Wildman–Crippen LogP) is 1.42. The standard InChI is InChI=1S/C21H18N4O3/c1-13-8-15-9-16(23-17(15)11-22-13)19(27)25-12-21(25)10-14-4-2-3-5-18(14)24(6-7-26)20(21)28/h4-5,8-9,11,23,26H,6-7,10,12H2,1H3/t21-,25?/m0/s1. The molecule has 0 aromatic carbocycles. The van der Waals surface area contributed by atoms with E-state index in [1.54, 1.807) is 34.2 Å². The van der Waals surface area contributed by atoms with Gasteiger partial charge in [-0.15, -0.1) is 0 Å². The number of aryl methyl sites for hydroxylation is 1. The van der Waals surface area contributed by atoms with Gasteiger partial charge >= 0.3 is 0 Å². The quantitative estimate of drug-likeness (QED) is 0.628. The second-order valence-corrected chi connectivity index (χ2v) is 7.36. The molecule has 0 unspecified atom stereocenters. The molecular formula is C21H18N4O3. The Labute approximate surface area is 161 Å². The molecule has 2 N–H and O–H groups in total. The Hall–Kier alpha value is -3.37. The summed E-state index contributed by atoms with van der Waals surface area (Å²) in [6.07, 6.45) is 5.65. The number of pyridine rings is 1. The zero-order valence-electron chi connectivity index (χ0n) is 15.3. The minimum atomic E-state index is -0.889. The van der Waals surface area contributed by atoms with Crippen molar-refractivity contribution in [2.45, 2.75) is 18.9 Å². The Morgan fingerprint density at radius 1 is 1.36 bits per heavy atom. The number of H-pyrrole nitrogens is 1. The Kier molecular flexibility index (Phi) is 3.48. The van der Waals surface area contributed by atoms with Crippen LogP contribution in [0.4, 0.5) is 0 Å². The summed E-state index contributed by atoms with van der Waals surface area (Å²) in [7, 11) is 0. The summed E-state index contributed by atoms with van der Waals surface area (Å²) in [5.74, 6) is -0.364. The summed E-state index contributed by atoms with van der Waals surface area (Å²) in [6.45, 7) is 2.29. The summed E-state index contributed by atoms with van der Waals surface area (Å²) < 4.78 is 0. The lowest BCUT2D eigenvalue weighted by Gasteiger charge is -2.34. The highest BCUT2D eigenvalue weighted by Crippen LogP contribution is 2.46. The van der Waals surface area contributed by atoms with Gasteiger partial charge in [0.05, 0.1) is 30.6 Å². The maximum Gasteiger partial charge on any atom is 0.271 e. The first kappa shape index (κ1) is 16.8. The molecule has 1 aliphatic carbocycles. The van der Waals surface area contributed by atoms with Gasteiger partial charge in [-0.05, 0) is 30.7 Å². The molecule has 2 aromatic heterocycles. The minimum absolute atomic E-state index is 0.151. The first-order valence-corrected chi connectivity index (χ1v) is 9.14. The van der Waals surface area contributed by atoms with Crippen molar-refractivity contribution in [3.05, 3.63) is 64.6 Å². The molecule has 5 rings (SSSR count). The van der Waals surface area contributed by atoms with Gasteiger partial charge < -0.3 is 19.9 Å². The molecule has 0 radical (unpaired) electrons. The number of β-amino-alcohol motifs (C(OH)–C–C–N with tert-alkyl or cyclic N) is 1. The third-order valence-corrected chi connectivity index (χ3v) is 5.56. The minimum Gasteiger partial charge on any atom is -0.395 e. The highest BCUT2D eigenvalue weighted by atomic mass is 16.3. The van der Waals surface area contributed by atoms with Gasteiger partial charge in [0.15, 0.2) is 0 Å². The highest BCUT2D eigenvalue weighted by molar-refractivity contribution is 6.06. The molecule has 2 amide bonds. The van der Waals surface area contributed by atoms with Crippen molar-refractivity contribution < 1.29 is 14.7 Å². The van der Waals surface area contributed by atoms with E-state index in [1.807, 2.05) is 13.0 Å². The van der Waals surface area contributed by atoms with E-state index >= 15 is 0 Å². The van der Waals surface area contributed by atoms with Crippen LogP contribution in [-0.2, 0) is 4.79 Å². The van der Waals surface area contributed by atoms with E-state index in [9.17, 15) is 14.7 Å². The maximum atomic E-state index is 13.2. The summed E-state index contributed by atoms with van der Waals surface area (Å²) in [6, 6.07) is 3.71. The number of amides is 2. The molecule has 0 saturated carbocycles. The van der Waals surface area contributed by atoms with Gasteiger partial charge in [-0.1, -0.05) is 11.5 Å². The van der Waals surface area contributed by atoms with Crippen LogP contribution in [-0.4, -0.2) is 61.9 Å². The highest BCUT2D eigenvalue weighted by Gasteiger charge is 2.64. The SMILES string of the molecule is Cc1cc2cc(C(=O)N3C[C@]34CC3=C(C=C=C=C3)N(CCO)C4=O)[nH]c2cn1. The van der Waals surface area contributed by atoms with Crippen LogP contribution in [0, 0.1) is 6.92 Å². The van der Waals surface area contributed by atoms with Crippen LogP contribution in [0.5, 0.6) is 0 Å². The number of aromatic nitrogens is 2. The van der Waals surface area contributed by atoms with Gasteiger partial charge in [0.2, 0.25) is 0 Å². The Balaban J connectivity index is 1.48. The van der Waals surface area contributed by atoms with E-state index in [0.717, 1.165) is 27.9 Å². The number of aliphatic hydroxyl groups excluding tert-OH is 1. The van der Waals surface area contributed by atoms with Crippen LogP contribution in [0.1, 0.15) is 22.6 Å². The Morgan fingerprint density at radius 2 is 2.18 bits per heavy atom. The summed E-state index contributed by atoms with van der Waals surface area (Å²) in [4.78, 5) is 36.8. The number of nitrogens with one attached hydrogen (secondary N) is 1. The van der Waals surface area contributed by atoms with Crippen molar-refractivity contribution >= 4 is 22.7 Å². The average Bonchev–Trinajstić information content (AvgIpc) is 3.25. The fourth-order valence-electron chi connectivity index (χ4n) is 4.10. The number of carbonyl (C=O) groups is 2. The summed E-state index contributed by atoms with van der Waals surface area (Å²) in [5, 5.41) is 10.3. The van der Waals surface area contributed by atoms with Gasteiger partial charge in [0.25, 0.3) is 11.8 Å². The molecule has 4 heterocycles. The fourth-order valence-corrected chi connectivity index (χ4v) is 4.10. The van der Waals surface area contributed by atoms with E-state index in [4.69, 9.17) is 0 Å². The fraction of sp³-hybridized carbons (Fsp3) is 0.286. The lowest BCUT2D eigenvalue weighted by molar-refractivity contribution is -0.134. The van der Waals surface area contributed by atoms with Gasteiger partial charge in [0.1, 0.15) is 11.2 Å². The van der Waals surface area contributed by atoms with Crippen LogP contribution in [0.2, 0.25) is 0 Å². The average molecular weight is 374 g/mol. The first-order valence-electron chi connectivity index (χ1n) is 9.14. The van der Waals surface area contributed by atoms with Crippen molar-refractivity contribution in [2.24, 2.45) is 0 Å². The molecule has 3 aliphatic rings. The van der Waals surface area contributed by atoms with Crippen molar-refractivity contribution in [1.29, 1.82) is 0 Å². The molecular weight excluding hydrogens is 356 g/mol. The van der Waals surface area contributed by atoms with Crippen molar-refractivity contribution in [2.75, 3.05) is 19.7 Å². The Morgan fingerprint density at radius 3 is 3.00 bits per heavy atom. The number of hydrogen-bond acceptors (Lipinski definition) is 4. The monoisotopic (exact) mass is 374 g/mol. The molecule has 2 aliphatic heterocycles. The first-order chi connectivity index (χ1) is 13.5. The molecule has 1 fully saturated rings. The van der Waals surface area contributed by atoms with Crippen LogP contribution >= 0.6 is 0 Å². The number of aromatic amines is 1. The van der Waals surface area contributed by atoms with E-state index in [2.05, 4.69) is 21.4 Å². The molecule has 1 atom stereocenters. The van der Waals surface area contributed by atoms with Gasteiger partial charge in [0, 0.05) is 30.1 Å². The second-order valence-electron chi connectivity index (χ2n) is 7.36. The molecule has 1 spiro atoms. The number of hydrogen-bond donors (Lipinski definition) is 2. The Bertz CT molecular complexity index is 1180. The van der Waals surface area contributed by atoms with Crippen LogP contribution < -0.4 is 0 Å². The molecule has 2 aromatic rings. The zero-order valence-corrected chi connectivity index (χ0v) is 15.3. The number of aliphatic hydroxyl groups is 1. The lowest BCUT2D eigenvalue weighted by atomic mass is 9.90. The summed E-state index contributed by atoms with van der Waals surface area (Å²) >= 11 is 0. The lowest BCUT2D eigenvalue weighted by Crippen LogP contribution is -2.48. The number of carbonyl (C=O) groups excluding carboxylic acids is 2. The molecule has 7 heteroatoms. The van der Waals surface area contributed by atoms with Crippen molar-refractivity contribution in [3.8, 4) is 0 Å². The van der Waals surface area contributed by atoms with Gasteiger partial charge in [-0.25, -0.2) is 0 Å². The maximum absolute atomic E-state index is 13.2. The van der Waals surface area contributed by atoms with E-state index in [0.29, 0.717) is 18.7 Å². The third kappa shape index (κ3) is 2.31. The summed E-state index contributed by atoms with van der Waals surface area (Å²) in [5.41, 5.74) is 8.66. The second kappa shape index (κ2) is 5.81. The smallest absolute Gasteiger partial charge is 0.271 e. The third-order valence-electron chi connectivity index (χ3n) is 5.56. The van der Waals surface area contributed by atoms with E-state index < -0.39 is 5.54 Å². The van der Waals surface area contributed by atoms with E-state index in [1.165, 1.54) is 0 Å². The number of rotatable bonds is 3. The molecule has 28 heavy (non-hydrogen) atoms. The number of allylic oxidation sites excluding steroid dienone is 2. The van der Waals surface area contributed by atoms with E-state index in [-0.39, 0.29) is 25.0 Å². The van der Waals surface area contributed by atoms with Crippen molar-refractivity contribution in [1.82, 2.24) is 19.8 Å². The van der Waals surface area contributed by atoms with Crippen LogP contribution in [0.15, 0.2) is 53.2 Å². The number of fused-ring (bicyclic) bond motifs is 1. The molecule has 140 valence electrons. The predicted molar refractivity (Wildman–Crippen MR) is 101 cm³/mol. The van der Waals surface area contributed by atoms with Gasteiger partial charge in [-0.2, -0.15) is 0 Å². The topological polar surface area (TPSA) is 89.3 Å². The van der Waals surface area contributed by atoms with Crippen molar-refractivity contribution in [3.63, 3.8) is 0 Å². The van der Waals surface area contributed by atoms with Crippen LogP contribution in [0.25, 0.3) is 10.9 Å². The number of nitrogens with zero attached hydrogens (tertiary/aromatic N) is 3. The normalized spacial score (nSPS) is 22.6. The molecule has 0 bridgehead atoms.